The SMILES string of the molecule is c1ccc2c(c1)CC(C1CCOC3(CCCCC3)C1)N2. The molecule has 2 unspecified atom stereocenters. The van der Waals surface area contributed by atoms with Gasteiger partial charge in [-0.1, -0.05) is 37.5 Å². The van der Waals surface area contributed by atoms with Crippen molar-refractivity contribution in [2.75, 3.05) is 11.9 Å². The van der Waals surface area contributed by atoms with Gasteiger partial charge in [0.05, 0.1) is 5.60 Å². The van der Waals surface area contributed by atoms with Gasteiger partial charge >= 0.3 is 0 Å². The maximum atomic E-state index is 6.25. The highest BCUT2D eigenvalue weighted by molar-refractivity contribution is 5.56. The summed E-state index contributed by atoms with van der Waals surface area (Å²) in [6.07, 6.45) is 10.4. The molecule has 108 valence electrons. The third kappa shape index (κ3) is 2.24. The van der Waals surface area contributed by atoms with Crippen molar-refractivity contribution in [1.29, 1.82) is 0 Å². The van der Waals surface area contributed by atoms with Gasteiger partial charge < -0.3 is 10.1 Å². The van der Waals surface area contributed by atoms with Gasteiger partial charge in [0.2, 0.25) is 0 Å². The van der Waals surface area contributed by atoms with Gasteiger partial charge in [0.25, 0.3) is 0 Å². The van der Waals surface area contributed by atoms with Crippen LogP contribution in [0.15, 0.2) is 24.3 Å². The summed E-state index contributed by atoms with van der Waals surface area (Å²) in [5.74, 6) is 0.786. The zero-order valence-electron chi connectivity index (χ0n) is 12.2. The molecule has 2 atom stereocenters. The lowest BCUT2D eigenvalue weighted by molar-refractivity contribution is -0.119. The second-order valence-electron chi connectivity index (χ2n) is 6.96. The minimum absolute atomic E-state index is 0.234. The van der Waals surface area contributed by atoms with Gasteiger partial charge in [-0.2, -0.15) is 0 Å². The monoisotopic (exact) mass is 271 g/mol. The second kappa shape index (κ2) is 5.07. The standard InChI is InChI=1S/C18H25NO/c1-4-9-18(10-5-1)13-15(8-11-20-18)17-12-14-6-2-3-7-16(14)19-17/h2-3,6-7,15,17,19H,1,4-5,8-13H2. The molecule has 20 heavy (non-hydrogen) atoms. The molecule has 2 heteroatoms. The van der Waals surface area contributed by atoms with E-state index in [4.69, 9.17) is 4.74 Å². The number of hydrogen-bond donors (Lipinski definition) is 1. The first-order valence-electron chi connectivity index (χ1n) is 8.33. The van der Waals surface area contributed by atoms with Crippen molar-refractivity contribution >= 4 is 5.69 Å². The Hall–Kier alpha value is -1.02. The van der Waals surface area contributed by atoms with Crippen molar-refractivity contribution in [2.45, 2.75) is 63.0 Å². The van der Waals surface area contributed by atoms with Gasteiger partial charge in [0.1, 0.15) is 0 Å². The van der Waals surface area contributed by atoms with Gasteiger partial charge in [-0.15, -0.1) is 0 Å². The maximum absolute atomic E-state index is 6.25. The quantitative estimate of drug-likeness (QED) is 0.828. The van der Waals surface area contributed by atoms with Crippen LogP contribution in [0.5, 0.6) is 0 Å². The maximum Gasteiger partial charge on any atom is 0.0686 e. The van der Waals surface area contributed by atoms with E-state index in [9.17, 15) is 0 Å². The van der Waals surface area contributed by atoms with Crippen molar-refractivity contribution in [3.8, 4) is 0 Å². The Morgan fingerprint density at radius 3 is 2.80 bits per heavy atom. The highest BCUT2D eigenvalue weighted by atomic mass is 16.5. The van der Waals surface area contributed by atoms with Crippen LogP contribution in [0.4, 0.5) is 5.69 Å². The first-order chi connectivity index (χ1) is 9.85. The summed E-state index contributed by atoms with van der Waals surface area (Å²) in [6.45, 7) is 0.971. The van der Waals surface area contributed by atoms with E-state index in [0.717, 1.165) is 12.5 Å². The van der Waals surface area contributed by atoms with Crippen LogP contribution in [0.25, 0.3) is 0 Å². The number of benzene rings is 1. The molecule has 2 heterocycles. The minimum atomic E-state index is 0.234. The Kier molecular flexibility index (Phi) is 3.22. The fourth-order valence-electron chi connectivity index (χ4n) is 4.56. The predicted octanol–water partition coefficient (Wildman–Crippen LogP) is 4.15. The van der Waals surface area contributed by atoms with Crippen molar-refractivity contribution in [3.05, 3.63) is 29.8 Å². The van der Waals surface area contributed by atoms with Crippen LogP contribution < -0.4 is 5.32 Å². The predicted molar refractivity (Wildman–Crippen MR) is 82.0 cm³/mol. The number of ether oxygens (including phenoxy) is 1. The molecule has 1 spiro atoms. The summed E-state index contributed by atoms with van der Waals surface area (Å²) in [4.78, 5) is 0. The molecule has 1 saturated heterocycles. The van der Waals surface area contributed by atoms with Gasteiger partial charge in [-0.3, -0.25) is 0 Å². The summed E-state index contributed by atoms with van der Waals surface area (Å²) in [5, 5.41) is 3.77. The molecule has 3 aliphatic rings. The average Bonchev–Trinajstić information content (AvgIpc) is 2.92. The second-order valence-corrected chi connectivity index (χ2v) is 6.96. The molecule has 0 aromatic heterocycles. The van der Waals surface area contributed by atoms with Gasteiger partial charge in [-0.05, 0) is 49.7 Å². The molecule has 2 aliphatic heterocycles. The first-order valence-corrected chi connectivity index (χ1v) is 8.33. The van der Waals surface area contributed by atoms with Gasteiger partial charge in [0.15, 0.2) is 0 Å². The Balaban J connectivity index is 1.47. The lowest BCUT2D eigenvalue weighted by Gasteiger charge is -2.45. The van der Waals surface area contributed by atoms with E-state index in [1.54, 1.807) is 0 Å². The van der Waals surface area contributed by atoms with Crippen LogP contribution in [0.2, 0.25) is 0 Å². The Bertz CT molecular complexity index is 448. The van der Waals surface area contributed by atoms with Crippen LogP contribution in [-0.4, -0.2) is 18.2 Å². The van der Waals surface area contributed by atoms with E-state index < -0.39 is 0 Å². The Morgan fingerprint density at radius 1 is 1.10 bits per heavy atom. The molecule has 1 N–H and O–H groups in total. The molecular formula is C18H25NO. The van der Waals surface area contributed by atoms with Gasteiger partial charge in [0, 0.05) is 18.3 Å². The Labute approximate surface area is 121 Å². The highest BCUT2D eigenvalue weighted by Gasteiger charge is 2.41. The summed E-state index contributed by atoms with van der Waals surface area (Å²) in [5.41, 5.74) is 3.10. The third-order valence-electron chi connectivity index (χ3n) is 5.66. The minimum Gasteiger partial charge on any atom is -0.381 e. The normalized spacial score (nSPS) is 31.8. The van der Waals surface area contributed by atoms with Crippen LogP contribution in [0.3, 0.4) is 0 Å². The first kappa shape index (κ1) is 12.7. The smallest absolute Gasteiger partial charge is 0.0686 e. The summed E-state index contributed by atoms with van der Waals surface area (Å²) in [6, 6.07) is 9.44. The van der Waals surface area contributed by atoms with E-state index >= 15 is 0 Å². The topological polar surface area (TPSA) is 21.3 Å². The molecular weight excluding hydrogens is 246 g/mol. The fraction of sp³-hybridized carbons (Fsp3) is 0.667. The summed E-state index contributed by atoms with van der Waals surface area (Å²) >= 11 is 0. The number of fused-ring (bicyclic) bond motifs is 1. The third-order valence-corrected chi connectivity index (χ3v) is 5.66. The molecule has 0 amide bonds. The number of rotatable bonds is 1. The van der Waals surface area contributed by atoms with Crippen LogP contribution >= 0.6 is 0 Å². The van der Waals surface area contributed by atoms with Crippen molar-refractivity contribution in [3.63, 3.8) is 0 Å². The van der Waals surface area contributed by atoms with Crippen molar-refractivity contribution in [1.82, 2.24) is 0 Å². The largest absolute Gasteiger partial charge is 0.381 e. The average molecular weight is 271 g/mol. The number of hydrogen-bond acceptors (Lipinski definition) is 2. The molecule has 1 aromatic carbocycles. The molecule has 2 fully saturated rings. The van der Waals surface area contributed by atoms with Crippen LogP contribution in [0, 0.1) is 5.92 Å². The lowest BCUT2D eigenvalue weighted by Crippen LogP contribution is -2.45. The van der Waals surface area contributed by atoms with E-state index in [1.807, 2.05) is 0 Å². The zero-order valence-corrected chi connectivity index (χ0v) is 12.2. The number of nitrogens with one attached hydrogen (secondary N) is 1. The molecule has 0 radical (unpaired) electrons. The van der Waals surface area contributed by atoms with Crippen molar-refractivity contribution in [2.24, 2.45) is 5.92 Å². The molecule has 1 aliphatic carbocycles. The van der Waals surface area contributed by atoms with E-state index in [1.165, 1.54) is 62.6 Å². The lowest BCUT2D eigenvalue weighted by atomic mass is 9.74. The number of para-hydroxylation sites is 1. The molecule has 1 aromatic rings. The molecule has 0 bridgehead atoms. The molecule has 1 saturated carbocycles. The van der Waals surface area contributed by atoms with Crippen molar-refractivity contribution < 1.29 is 4.74 Å². The van der Waals surface area contributed by atoms with E-state index in [0.29, 0.717) is 6.04 Å². The Morgan fingerprint density at radius 2 is 1.95 bits per heavy atom. The zero-order chi connectivity index (χ0) is 13.4. The van der Waals surface area contributed by atoms with Crippen LogP contribution in [-0.2, 0) is 11.2 Å². The fourth-order valence-corrected chi connectivity index (χ4v) is 4.56. The van der Waals surface area contributed by atoms with E-state index in [-0.39, 0.29) is 5.60 Å². The van der Waals surface area contributed by atoms with E-state index in [2.05, 4.69) is 29.6 Å². The summed E-state index contributed by atoms with van der Waals surface area (Å²) in [7, 11) is 0. The molecule has 2 nitrogen and oxygen atoms in total. The number of anilines is 1. The molecule has 4 rings (SSSR count). The summed E-state index contributed by atoms with van der Waals surface area (Å²) < 4.78 is 6.25. The van der Waals surface area contributed by atoms with Gasteiger partial charge in [-0.25, -0.2) is 0 Å². The highest BCUT2D eigenvalue weighted by Crippen LogP contribution is 2.43. The van der Waals surface area contributed by atoms with Crippen LogP contribution in [0.1, 0.15) is 50.5 Å².